The highest BCUT2D eigenvalue weighted by atomic mass is 31.0. The quantitative estimate of drug-likeness (QED) is 0.770. The highest BCUT2D eigenvalue weighted by Crippen LogP contribution is 2.11. The first-order chi connectivity index (χ1) is 6.72. The van der Waals surface area contributed by atoms with Crippen molar-refractivity contribution in [2.24, 2.45) is 0 Å². The van der Waals surface area contributed by atoms with Gasteiger partial charge in [0, 0.05) is 4.53 Å². The minimum atomic E-state index is -0.972. The molecule has 0 fully saturated rings. The lowest BCUT2D eigenvalue weighted by Crippen LogP contribution is -2.01. The summed E-state index contributed by atoms with van der Waals surface area (Å²) in [5.74, 6) is -0.931. The molecular weight excluding hydrogens is 206 g/mol. The fraction of sp³-hybridized carbons (Fsp3) is 0.222. The van der Waals surface area contributed by atoms with E-state index in [9.17, 15) is 9.32 Å². The molecule has 1 unspecified atom stereocenters. The Balaban J connectivity index is 0.000000791. The number of benzene rings is 1. The number of aromatic hydroxyl groups is 1. The lowest BCUT2D eigenvalue weighted by atomic mass is 10.1. The maximum atomic E-state index is 11.3. The van der Waals surface area contributed by atoms with Gasteiger partial charge in [-0.15, -0.1) is 9.24 Å². The molecule has 0 aromatic heterocycles. The smallest absolute Gasteiger partial charge is 0.353 e. The van der Waals surface area contributed by atoms with Crippen LogP contribution in [0.5, 0.6) is 5.75 Å². The summed E-state index contributed by atoms with van der Waals surface area (Å²) >= 11 is 0. The second-order valence-corrected chi connectivity index (χ2v) is 2.30. The Hall–Kier alpha value is -1.15. The molecule has 0 aliphatic heterocycles. The number of phenols is 1. The van der Waals surface area contributed by atoms with Crippen molar-refractivity contribution < 1.29 is 19.4 Å². The molecule has 0 aliphatic carbocycles. The predicted octanol–water partition coefficient (Wildman–Crippen LogP) is 1.85. The summed E-state index contributed by atoms with van der Waals surface area (Å²) in [7, 11) is 2.42. The molecule has 1 atom stereocenters. The van der Waals surface area contributed by atoms with E-state index in [4.69, 9.17) is 5.11 Å². The van der Waals surface area contributed by atoms with Gasteiger partial charge in [0.1, 0.15) is 5.75 Å². The summed E-state index contributed by atoms with van der Waals surface area (Å²) < 4.78 is 11.3. The lowest BCUT2D eigenvalue weighted by molar-refractivity contribution is -0.182. The Labute approximate surface area is 84.0 Å². The molecule has 0 saturated heterocycles. The van der Waals surface area contributed by atoms with E-state index in [0.29, 0.717) is 5.56 Å². The number of halogens is 1. The number of hydrogen-bond donors (Lipinski definition) is 1. The summed E-state index contributed by atoms with van der Waals surface area (Å²) in [6, 6.07) is 5.99. The third kappa shape index (κ3) is 4.77. The fourth-order valence-corrected chi connectivity index (χ4v) is 0.860. The second-order valence-electron chi connectivity index (χ2n) is 2.30. The zero-order valence-electron chi connectivity index (χ0n) is 7.74. The molecule has 14 heavy (non-hydrogen) atoms. The average Bonchev–Trinajstić information content (AvgIpc) is 2.21. The van der Waals surface area contributed by atoms with Gasteiger partial charge in [-0.3, -0.25) is 4.94 Å². The van der Waals surface area contributed by atoms with E-state index in [1.807, 2.05) is 6.66 Å². The molecule has 0 heterocycles. The largest absolute Gasteiger partial charge is 0.508 e. The molecule has 1 N–H and O–H groups in total. The summed E-state index contributed by atoms with van der Waals surface area (Å²) in [5.41, 5.74) is 0.512. The normalized spacial score (nSPS) is 8.50. The first kappa shape index (κ1) is 12.8. The molecule has 5 heteroatoms. The molecule has 0 radical (unpaired) electrons. The van der Waals surface area contributed by atoms with E-state index in [1.54, 1.807) is 12.1 Å². The number of hydrogen-bond acceptors (Lipinski definition) is 3. The average molecular weight is 218 g/mol. The van der Waals surface area contributed by atoms with Gasteiger partial charge in [0.2, 0.25) is 0 Å². The van der Waals surface area contributed by atoms with Gasteiger partial charge in [0.15, 0.2) is 0 Å². The molecule has 3 nitrogen and oxygen atoms in total. The third-order valence-corrected chi connectivity index (χ3v) is 1.35. The van der Waals surface area contributed by atoms with E-state index < -0.39 is 5.97 Å². The molecule has 0 amide bonds. The van der Waals surface area contributed by atoms with Crippen molar-refractivity contribution in [1.29, 1.82) is 0 Å². The Kier molecular flexibility index (Phi) is 6.68. The van der Waals surface area contributed by atoms with E-state index >= 15 is 0 Å². The zero-order valence-corrected chi connectivity index (χ0v) is 8.89. The Morgan fingerprint density at radius 1 is 1.57 bits per heavy atom. The van der Waals surface area contributed by atoms with Crippen LogP contribution in [-0.4, -0.2) is 17.7 Å². The SMILES string of the molecule is CP.O=C(Cc1cccc(O)c1)OF. The fourth-order valence-electron chi connectivity index (χ4n) is 0.860. The van der Waals surface area contributed by atoms with Crippen molar-refractivity contribution in [3.8, 4) is 5.75 Å². The Morgan fingerprint density at radius 2 is 2.21 bits per heavy atom. The number of carbonyl (C=O) groups is 1. The molecular formula is C9H12FO3P. The molecule has 0 aliphatic rings. The van der Waals surface area contributed by atoms with Crippen LogP contribution < -0.4 is 0 Å². The van der Waals surface area contributed by atoms with Crippen LogP contribution in [0.25, 0.3) is 0 Å². The van der Waals surface area contributed by atoms with Crippen LogP contribution in [0.1, 0.15) is 5.56 Å². The first-order valence-corrected chi connectivity index (χ1v) is 5.05. The minimum absolute atomic E-state index is 0.0409. The molecule has 0 bridgehead atoms. The second kappa shape index (κ2) is 7.27. The summed E-state index contributed by atoms with van der Waals surface area (Å²) in [4.78, 5) is 13.4. The molecule has 1 aromatic carbocycles. The maximum Gasteiger partial charge on any atom is 0.353 e. The first-order valence-electron chi connectivity index (χ1n) is 3.89. The van der Waals surface area contributed by atoms with Crippen LogP contribution >= 0.6 is 9.24 Å². The number of phenolic OH excluding ortho intramolecular Hbond substituents is 1. The molecule has 0 saturated carbocycles. The predicted molar refractivity (Wildman–Crippen MR) is 54.6 cm³/mol. The van der Waals surface area contributed by atoms with Crippen LogP contribution in [0.4, 0.5) is 4.53 Å². The van der Waals surface area contributed by atoms with Gasteiger partial charge in [-0.1, -0.05) is 18.8 Å². The summed E-state index contributed by atoms with van der Waals surface area (Å²) in [6.45, 7) is 1.92. The van der Waals surface area contributed by atoms with E-state index in [0.717, 1.165) is 0 Å². The lowest BCUT2D eigenvalue weighted by Gasteiger charge is -1.97. The topological polar surface area (TPSA) is 46.5 Å². The molecule has 0 spiro atoms. The van der Waals surface area contributed by atoms with Crippen LogP contribution in [0.15, 0.2) is 24.3 Å². The van der Waals surface area contributed by atoms with Crippen LogP contribution in [0, 0.1) is 0 Å². The maximum absolute atomic E-state index is 11.3. The van der Waals surface area contributed by atoms with Gasteiger partial charge in [-0.05, 0) is 17.7 Å². The van der Waals surface area contributed by atoms with Crippen molar-refractivity contribution >= 4 is 15.2 Å². The molecule has 1 aromatic rings. The van der Waals surface area contributed by atoms with Crippen LogP contribution in [0.3, 0.4) is 0 Å². The minimum Gasteiger partial charge on any atom is -0.508 e. The van der Waals surface area contributed by atoms with Gasteiger partial charge in [-0.2, -0.15) is 0 Å². The van der Waals surface area contributed by atoms with E-state index in [-0.39, 0.29) is 12.2 Å². The summed E-state index contributed by atoms with van der Waals surface area (Å²) in [6.07, 6.45) is -0.176. The monoisotopic (exact) mass is 218 g/mol. The number of carbonyl (C=O) groups excluding carboxylic acids is 1. The number of rotatable bonds is 2. The van der Waals surface area contributed by atoms with Crippen LogP contribution in [0.2, 0.25) is 0 Å². The highest BCUT2D eigenvalue weighted by molar-refractivity contribution is 7.15. The van der Waals surface area contributed by atoms with Crippen molar-refractivity contribution in [1.82, 2.24) is 0 Å². The zero-order chi connectivity index (χ0) is 11.0. The van der Waals surface area contributed by atoms with E-state index in [1.165, 1.54) is 12.1 Å². The Bertz CT molecular complexity index is 291. The summed E-state index contributed by atoms with van der Waals surface area (Å²) in [5, 5.41) is 8.95. The van der Waals surface area contributed by atoms with Crippen molar-refractivity contribution in [3.63, 3.8) is 0 Å². The van der Waals surface area contributed by atoms with Gasteiger partial charge in [-0.25, -0.2) is 4.79 Å². The van der Waals surface area contributed by atoms with E-state index in [2.05, 4.69) is 14.2 Å². The van der Waals surface area contributed by atoms with Crippen LogP contribution in [-0.2, 0) is 16.2 Å². The van der Waals surface area contributed by atoms with Gasteiger partial charge < -0.3 is 5.11 Å². The molecule has 78 valence electrons. The van der Waals surface area contributed by atoms with Gasteiger partial charge >= 0.3 is 5.97 Å². The standard InChI is InChI=1S/C8H7FO3.CH5P/c9-12-8(11)5-6-2-1-3-7(10)4-6;1-2/h1-4,10H,5H2;2H2,1H3. The third-order valence-electron chi connectivity index (χ3n) is 1.35. The van der Waals surface area contributed by atoms with Crippen molar-refractivity contribution in [2.75, 3.05) is 6.66 Å². The molecule has 1 rings (SSSR count). The van der Waals surface area contributed by atoms with Gasteiger partial charge in [0.05, 0.1) is 6.42 Å². The Morgan fingerprint density at radius 3 is 2.71 bits per heavy atom. The highest BCUT2D eigenvalue weighted by Gasteiger charge is 2.04. The van der Waals surface area contributed by atoms with Crippen molar-refractivity contribution in [2.45, 2.75) is 6.42 Å². The van der Waals surface area contributed by atoms with Crippen molar-refractivity contribution in [3.05, 3.63) is 29.8 Å². The van der Waals surface area contributed by atoms with Gasteiger partial charge in [0.25, 0.3) is 0 Å².